The first-order chi connectivity index (χ1) is 10.2. The second-order valence-electron chi connectivity index (χ2n) is 5.90. The van der Waals surface area contributed by atoms with E-state index in [1.165, 1.54) is 41.9 Å². The summed E-state index contributed by atoms with van der Waals surface area (Å²) < 4.78 is 2.41. The number of nitrogens with zero attached hydrogens (tertiary/aromatic N) is 1. The Hall–Kier alpha value is -0.590. The molecule has 1 saturated heterocycles. The minimum absolute atomic E-state index is 0.138. The van der Waals surface area contributed by atoms with Gasteiger partial charge >= 0.3 is 0 Å². The van der Waals surface area contributed by atoms with Gasteiger partial charge in [-0.05, 0) is 55.6 Å². The first kappa shape index (κ1) is 14.0. The Morgan fingerprint density at radius 3 is 3.00 bits per heavy atom. The molecule has 0 spiro atoms. The molecule has 0 radical (unpaired) electrons. The van der Waals surface area contributed by atoms with E-state index in [9.17, 15) is 4.79 Å². The van der Waals surface area contributed by atoms with Gasteiger partial charge in [0.15, 0.2) is 4.77 Å². The van der Waals surface area contributed by atoms with Crippen LogP contribution in [0.5, 0.6) is 0 Å². The average Bonchev–Trinajstić information content (AvgIpc) is 3.04. The highest BCUT2D eigenvalue weighted by atomic mass is 32.2. The maximum Gasteiger partial charge on any atom is 0.263 e. The first-order valence-electron chi connectivity index (χ1n) is 7.63. The second kappa shape index (κ2) is 5.56. The zero-order valence-electron chi connectivity index (χ0n) is 11.8. The fourth-order valence-electron chi connectivity index (χ4n) is 3.43. The minimum atomic E-state index is 0.138. The van der Waals surface area contributed by atoms with E-state index in [4.69, 9.17) is 12.2 Å². The van der Waals surface area contributed by atoms with Crippen molar-refractivity contribution in [3.63, 3.8) is 0 Å². The van der Waals surface area contributed by atoms with Crippen LogP contribution in [-0.4, -0.2) is 20.6 Å². The molecule has 3 heterocycles. The van der Waals surface area contributed by atoms with Crippen LogP contribution in [0.1, 0.15) is 36.1 Å². The SMILES string of the molecule is O=c1c2c3c(sc2[nH]c(=S)n1CC1CCCCS1)CCC3. The van der Waals surface area contributed by atoms with Gasteiger partial charge in [0.05, 0.1) is 5.39 Å². The highest BCUT2D eigenvalue weighted by molar-refractivity contribution is 7.99. The molecule has 0 saturated carbocycles. The second-order valence-corrected chi connectivity index (χ2v) is 8.80. The van der Waals surface area contributed by atoms with E-state index >= 15 is 0 Å². The Bertz CT molecular complexity index is 796. The quantitative estimate of drug-likeness (QED) is 0.844. The van der Waals surface area contributed by atoms with Crippen LogP contribution >= 0.6 is 35.3 Å². The zero-order valence-corrected chi connectivity index (χ0v) is 14.3. The molecule has 1 fully saturated rings. The number of hydrogen-bond donors (Lipinski definition) is 1. The molecule has 0 aromatic carbocycles. The van der Waals surface area contributed by atoms with Crippen molar-refractivity contribution < 1.29 is 0 Å². The van der Waals surface area contributed by atoms with E-state index in [0.717, 1.165) is 29.6 Å². The van der Waals surface area contributed by atoms with E-state index in [2.05, 4.69) is 4.98 Å². The van der Waals surface area contributed by atoms with Crippen LogP contribution < -0.4 is 5.56 Å². The molecule has 2 aromatic heterocycles. The molecule has 3 nitrogen and oxygen atoms in total. The van der Waals surface area contributed by atoms with Crippen molar-refractivity contribution in [2.24, 2.45) is 0 Å². The number of thiophene rings is 1. The Kier molecular flexibility index (Phi) is 3.71. The lowest BCUT2D eigenvalue weighted by Gasteiger charge is -2.22. The van der Waals surface area contributed by atoms with E-state index in [1.54, 1.807) is 11.3 Å². The van der Waals surface area contributed by atoms with Crippen molar-refractivity contribution in [2.45, 2.75) is 50.3 Å². The number of rotatable bonds is 2. The molecule has 112 valence electrons. The number of aryl methyl sites for hydroxylation is 2. The molecule has 0 amide bonds. The standard InChI is InChI=1S/C15H18N2OS3/c18-14-12-10-5-3-6-11(10)21-13(12)16-15(19)17(14)8-9-4-1-2-7-20-9/h9H,1-8H2,(H,16,19). The highest BCUT2D eigenvalue weighted by Gasteiger charge is 2.22. The third-order valence-corrected chi connectivity index (χ3v) is 7.42. The Morgan fingerprint density at radius 2 is 2.19 bits per heavy atom. The minimum Gasteiger partial charge on any atom is -0.323 e. The summed E-state index contributed by atoms with van der Waals surface area (Å²) in [6.45, 7) is 0.763. The fraction of sp³-hybridized carbons (Fsp3) is 0.600. The number of H-pyrrole nitrogens is 1. The lowest BCUT2D eigenvalue weighted by Crippen LogP contribution is -2.28. The Labute approximate surface area is 136 Å². The first-order valence-corrected chi connectivity index (χ1v) is 9.90. The van der Waals surface area contributed by atoms with Gasteiger partial charge in [-0.1, -0.05) is 6.42 Å². The number of nitrogens with one attached hydrogen (secondary N) is 1. The molecule has 1 aliphatic carbocycles. The lowest BCUT2D eigenvalue weighted by atomic mass is 10.2. The molecule has 2 aliphatic rings. The van der Waals surface area contributed by atoms with Gasteiger partial charge in [-0.15, -0.1) is 11.3 Å². The summed E-state index contributed by atoms with van der Waals surface area (Å²) in [7, 11) is 0. The van der Waals surface area contributed by atoms with Gasteiger partial charge in [0.25, 0.3) is 5.56 Å². The zero-order chi connectivity index (χ0) is 14.4. The van der Waals surface area contributed by atoms with E-state index in [0.29, 0.717) is 10.0 Å². The Morgan fingerprint density at radius 1 is 1.29 bits per heavy atom. The molecule has 1 unspecified atom stereocenters. The van der Waals surface area contributed by atoms with Gasteiger partial charge in [0.1, 0.15) is 4.83 Å². The maximum atomic E-state index is 12.9. The largest absolute Gasteiger partial charge is 0.323 e. The third-order valence-electron chi connectivity index (χ3n) is 4.51. The van der Waals surface area contributed by atoms with Gasteiger partial charge in [0.2, 0.25) is 0 Å². The lowest BCUT2D eigenvalue weighted by molar-refractivity contribution is 0.564. The van der Waals surface area contributed by atoms with Crippen LogP contribution in [0.4, 0.5) is 0 Å². The third kappa shape index (κ3) is 2.41. The van der Waals surface area contributed by atoms with Crippen molar-refractivity contribution >= 4 is 45.5 Å². The predicted octanol–water partition coefficient (Wildman–Crippen LogP) is 3.89. The molecule has 6 heteroatoms. The molecule has 1 N–H and O–H groups in total. The van der Waals surface area contributed by atoms with Crippen LogP contribution in [0.2, 0.25) is 0 Å². The van der Waals surface area contributed by atoms with E-state index < -0.39 is 0 Å². The predicted molar refractivity (Wildman–Crippen MR) is 93.4 cm³/mol. The van der Waals surface area contributed by atoms with Gasteiger partial charge in [-0.2, -0.15) is 11.8 Å². The molecular weight excluding hydrogens is 320 g/mol. The van der Waals surface area contributed by atoms with Crippen LogP contribution in [0.25, 0.3) is 10.2 Å². The van der Waals surface area contributed by atoms with Gasteiger partial charge in [-0.3, -0.25) is 9.36 Å². The van der Waals surface area contributed by atoms with Crippen molar-refractivity contribution in [1.29, 1.82) is 0 Å². The Balaban J connectivity index is 1.81. The fourth-order valence-corrected chi connectivity index (χ4v) is 6.33. The van der Waals surface area contributed by atoms with Crippen molar-refractivity contribution in [2.75, 3.05) is 5.75 Å². The number of thioether (sulfide) groups is 1. The van der Waals surface area contributed by atoms with Crippen molar-refractivity contribution in [3.8, 4) is 0 Å². The van der Waals surface area contributed by atoms with Crippen molar-refractivity contribution in [3.05, 3.63) is 25.6 Å². The van der Waals surface area contributed by atoms with Crippen LogP contribution in [0.3, 0.4) is 0 Å². The molecule has 2 aromatic rings. The monoisotopic (exact) mass is 338 g/mol. The number of fused-ring (bicyclic) bond motifs is 3. The molecule has 1 atom stereocenters. The maximum absolute atomic E-state index is 12.9. The smallest absolute Gasteiger partial charge is 0.263 e. The van der Waals surface area contributed by atoms with Gasteiger partial charge in [0, 0.05) is 16.7 Å². The number of aromatic nitrogens is 2. The molecule has 21 heavy (non-hydrogen) atoms. The topological polar surface area (TPSA) is 37.8 Å². The summed E-state index contributed by atoms with van der Waals surface area (Å²) in [5.74, 6) is 1.21. The van der Waals surface area contributed by atoms with Gasteiger partial charge < -0.3 is 4.98 Å². The summed E-state index contributed by atoms with van der Waals surface area (Å²) in [4.78, 5) is 18.6. The average molecular weight is 339 g/mol. The number of aromatic amines is 1. The van der Waals surface area contributed by atoms with Crippen molar-refractivity contribution in [1.82, 2.24) is 9.55 Å². The van der Waals surface area contributed by atoms with E-state index in [1.807, 2.05) is 16.3 Å². The highest BCUT2D eigenvalue weighted by Crippen LogP contribution is 2.34. The van der Waals surface area contributed by atoms with Crippen LogP contribution in [0.15, 0.2) is 4.79 Å². The molecular formula is C15H18N2OS3. The molecule has 1 aliphatic heterocycles. The summed E-state index contributed by atoms with van der Waals surface area (Å²) in [5, 5.41) is 1.46. The van der Waals surface area contributed by atoms with Crippen LogP contribution in [-0.2, 0) is 19.4 Å². The molecule has 4 rings (SSSR count). The summed E-state index contributed by atoms with van der Waals surface area (Å²) in [6, 6.07) is 0. The summed E-state index contributed by atoms with van der Waals surface area (Å²) in [6.07, 6.45) is 7.13. The summed E-state index contributed by atoms with van der Waals surface area (Å²) >= 11 is 9.17. The number of hydrogen-bond acceptors (Lipinski definition) is 4. The summed E-state index contributed by atoms with van der Waals surface area (Å²) in [5.41, 5.74) is 1.43. The van der Waals surface area contributed by atoms with Gasteiger partial charge in [-0.25, -0.2) is 0 Å². The molecule has 0 bridgehead atoms. The van der Waals surface area contributed by atoms with Crippen LogP contribution in [0, 0.1) is 4.77 Å². The normalized spacial score (nSPS) is 21.8. The van der Waals surface area contributed by atoms with E-state index in [-0.39, 0.29) is 5.56 Å².